The third kappa shape index (κ3) is 2.32. The van der Waals surface area contributed by atoms with Crippen molar-refractivity contribution in [2.75, 3.05) is 14.2 Å². The largest absolute Gasteiger partial charge is 0.497 e. The number of carbonyl (C=O) groups is 1. The van der Waals surface area contributed by atoms with Crippen LogP contribution in [0.15, 0.2) is 28.7 Å². The van der Waals surface area contributed by atoms with Crippen LogP contribution in [0, 0.1) is 0 Å². The van der Waals surface area contributed by atoms with Gasteiger partial charge in [0.05, 0.1) is 7.11 Å². The fourth-order valence-electron chi connectivity index (χ4n) is 1.60. The number of hydrogen-bond donors (Lipinski definition) is 0. The summed E-state index contributed by atoms with van der Waals surface area (Å²) in [5.41, 5.74) is 0.773. The van der Waals surface area contributed by atoms with Crippen molar-refractivity contribution in [3.63, 3.8) is 0 Å². The van der Waals surface area contributed by atoms with Crippen molar-refractivity contribution in [3.05, 3.63) is 29.1 Å². The monoisotopic (exact) mass is 283 g/mol. The Hall–Kier alpha value is -1.59. The van der Waals surface area contributed by atoms with Gasteiger partial charge in [0.25, 0.3) is 5.24 Å². The third-order valence-electron chi connectivity index (χ3n) is 2.41. The highest BCUT2D eigenvalue weighted by Gasteiger charge is 2.17. The van der Waals surface area contributed by atoms with Gasteiger partial charge in [0.1, 0.15) is 12.9 Å². The fourth-order valence-corrected chi connectivity index (χ4v) is 2.71. The van der Waals surface area contributed by atoms with Gasteiger partial charge < -0.3 is 9.57 Å². The lowest BCUT2D eigenvalue weighted by Gasteiger charge is -2.01. The molecule has 2 rings (SSSR count). The Balaban J connectivity index is 2.58. The average molecular weight is 284 g/mol. The zero-order chi connectivity index (χ0) is 13.1. The van der Waals surface area contributed by atoms with Crippen LogP contribution in [0.5, 0.6) is 5.75 Å². The van der Waals surface area contributed by atoms with E-state index in [0.29, 0.717) is 5.56 Å². The molecule has 1 aromatic carbocycles. The number of thiophene rings is 1. The molecule has 6 heteroatoms. The topological polar surface area (TPSA) is 47.9 Å². The summed E-state index contributed by atoms with van der Waals surface area (Å²) in [6.07, 6.45) is 0. The van der Waals surface area contributed by atoms with Gasteiger partial charge in [-0.1, -0.05) is 5.16 Å². The molecule has 0 aliphatic carbocycles. The molecule has 18 heavy (non-hydrogen) atoms. The van der Waals surface area contributed by atoms with Crippen LogP contribution in [0.3, 0.4) is 0 Å². The predicted octanol–water partition coefficient (Wildman–Crippen LogP) is 3.03. The normalized spacial score (nSPS) is 11.6. The van der Waals surface area contributed by atoms with Crippen molar-refractivity contribution >= 4 is 44.0 Å². The molecule has 0 spiro atoms. The minimum atomic E-state index is -0.646. The van der Waals surface area contributed by atoms with E-state index in [2.05, 4.69) is 9.99 Å². The zero-order valence-electron chi connectivity index (χ0n) is 9.77. The van der Waals surface area contributed by atoms with Crippen molar-refractivity contribution in [3.8, 4) is 5.75 Å². The van der Waals surface area contributed by atoms with Gasteiger partial charge in [-0.25, -0.2) is 0 Å². The van der Waals surface area contributed by atoms with Crippen LogP contribution >= 0.6 is 22.9 Å². The molecule has 1 heterocycles. The Bertz CT molecular complexity index is 621. The summed E-state index contributed by atoms with van der Waals surface area (Å²) >= 11 is 6.99. The van der Waals surface area contributed by atoms with E-state index in [1.165, 1.54) is 18.4 Å². The molecule has 0 radical (unpaired) electrons. The third-order valence-corrected chi connectivity index (χ3v) is 3.53. The van der Waals surface area contributed by atoms with Crippen LogP contribution in [0.1, 0.15) is 5.56 Å². The molecule has 1 aromatic heterocycles. The van der Waals surface area contributed by atoms with Crippen LogP contribution in [0.2, 0.25) is 0 Å². The van der Waals surface area contributed by atoms with Gasteiger partial charge in [0, 0.05) is 21.0 Å². The number of nitrogens with zero attached hydrogens (tertiary/aromatic N) is 1. The van der Waals surface area contributed by atoms with Crippen LogP contribution in [-0.2, 0) is 9.63 Å². The molecule has 0 atom stereocenters. The van der Waals surface area contributed by atoms with Gasteiger partial charge in [-0.3, -0.25) is 4.79 Å². The summed E-state index contributed by atoms with van der Waals surface area (Å²) in [5.74, 6) is 0.762. The molecule has 4 nitrogen and oxygen atoms in total. The van der Waals surface area contributed by atoms with Crippen molar-refractivity contribution in [1.82, 2.24) is 0 Å². The van der Waals surface area contributed by atoms with Crippen molar-refractivity contribution < 1.29 is 14.4 Å². The highest BCUT2D eigenvalue weighted by atomic mass is 35.5. The van der Waals surface area contributed by atoms with E-state index in [1.54, 1.807) is 7.11 Å². The number of halogens is 1. The first-order valence-corrected chi connectivity index (χ1v) is 6.29. The molecule has 0 saturated carbocycles. The number of carbonyl (C=O) groups excluding carboxylic acids is 1. The van der Waals surface area contributed by atoms with Crippen LogP contribution in [0.4, 0.5) is 0 Å². The first-order valence-electron chi connectivity index (χ1n) is 5.04. The van der Waals surface area contributed by atoms with Gasteiger partial charge in [-0.05, 0) is 29.8 Å². The summed E-state index contributed by atoms with van der Waals surface area (Å²) in [6, 6.07) is 5.58. The number of fused-ring (bicyclic) bond motifs is 1. The number of methoxy groups -OCH3 is 1. The van der Waals surface area contributed by atoms with Gasteiger partial charge in [0.15, 0.2) is 5.71 Å². The standard InChI is InChI=1S/C12H10ClNO3S/c1-16-7-3-4-8-9(6-18-10(8)5-7)11(12(13)15)14-17-2/h3-6H,1-2H3. The number of ether oxygens (including phenoxy) is 1. The Labute approximate surface area is 113 Å². The average Bonchev–Trinajstić information content (AvgIpc) is 2.78. The Morgan fingerprint density at radius 2 is 2.17 bits per heavy atom. The van der Waals surface area contributed by atoms with Gasteiger partial charge in [-0.15, -0.1) is 11.3 Å². The quantitative estimate of drug-likeness (QED) is 0.492. The van der Waals surface area contributed by atoms with Crippen molar-refractivity contribution in [2.24, 2.45) is 5.16 Å². The van der Waals surface area contributed by atoms with Crippen molar-refractivity contribution in [2.45, 2.75) is 0 Å². The lowest BCUT2D eigenvalue weighted by atomic mass is 10.1. The highest BCUT2D eigenvalue weighted by Crippen LogP contribution is 2.30. The van der Waals surface area contributed by atoms with E-state index in [-0.39, 0.29) is 5.71 Å². The molecular weight excluding hydrogens is 274 g/mol. The molecule has 94 valence electrons. The fraction of sp³-hybridized carbons (Fsp3) is 0.167. The van der Waals surface area contributed by atoms with E-state index in [4.69, 9.17) is 16.3 Å². The second-order valence-electron chi connectivity index (χ2n) is 3.41. The van der Waals surface area contributed by atoms with Gasteiger partial charge >= 0.3 is 0 Å². The SMILES string of the molecule is CON=C(C(=O)Cl)c1csc2cc(OC)ccc12. The maximum absolute atomic E-state index is 11.3. The molecule has 0 aliphatic rings. The number of rotatable bonds is 4. The molecule has 0 amide bonds. The minimum absolute atomic E-state index is 0.107. The minimum Gasteiger partial charge on any atom is -0.497 e. The number of oxime groups is 1. The highest BCUT2D eigenvalue weighted by molar-refractivity contribution is 7.17. The molecule has 0 unspecified atom stereocenters. The molecule has 0 saturated heterocycles. The maximum atomic E-state index is 11.3. The van der Waals surface area contributed by atoms with E-state index < -0.39 is 5.24 Å². The second-order valence-corrected chi connectivity index (χ2v) is 4.66. The summed E-state index contributed by atoms with van der Waals surface area (Å²) in [6.45, 7) is 0. The van der Waals surface area contributed by atoms with Crippen LogP contribution < -0.4 is 4.74 Å². The Morgan fingerprint density at radius 1 is 1.39 bits per heavy atom. The molecule has 0 N–H and O–H groups in total. The van der Waals surface area contributed by atoms with Crippen molar-refractivity contribution in [1.29, 1.82) is 0 Å². The molecule has 0 fully saturated rings. The first kappa shape index (κ1) is 12.9. The molecule has 0 bridgehead atoms. The summed E-state index contributed by atoms with van der Waals surface area (Å²) in [7, 11) is 2.98. The van der Waals surface area contributed by atoms with Gasteiger partial charge in [-0.2, -0.15) is 0 Å². The van der Waals surface area contributed by atoms with Crippen LogP contribution in [0.25, 0.3) is 10.1 Å². The lowest BCUT2D eigenvalue weighted by molar-refractivity contribution is -0.106. The summed E-state index contributed by atoms with van der Waals surface area (Å²) in [4.78, 5) is 16.0. The van der Waals surface area contributed by atoms with E-state index >= 15 is 0 Å². The van der Waals surface area contributed by atoms with E-state index in [1.807, 2.05) is 23.6 Å². The second kappa shape index (κ2) is 5.37. The first-order chi connectivity index (χ1) is 8.67. The van der Waals surface area contributed by atoms with E-state index in [0.717, 1.165) is 15.8 Å². The smallest absolute Gasteiger partial charge is 0.274 e. The summed E-state index contributed by atoms with van der Waals surface area (Å²) in [5, 5.41) is 5.74. The van der Waals surface area contributed by atoms with Gasteiger partial charge in [0.2, 0.25) is 0 Å². The number of benzene rings is 1. The molecular formula is C12H10ClNO3S. The molecule has 2 aromatic rings. The van der Waals surface area contributed by atoms with E-state index in [9.17, 15) is 4.79 Å². The maximum Gasteiger partial charge on any atom is 0.274 e. The Kier molecular flexibility index (Phi) is 3.84. The zero-order valence-corrected chi connectivity index (χ0v) is 11.3. The Morgan fingerprint density at radius 3 is 2.78 bits per heavy atom. The predicted molar refractivity (Wildman–Crippen MR) is 72.8 cm³/mol. The summed E-state index contributed by atoms with van der Waals surface area (Å²) < 4.78 is 6.14. The number of hydrogen-bond acceptors (Lipinski definition) is 5. The van der Waals surface area contributed by atoms with Crippen LogP contribution in [-0.4, -0.2) is 25.2 Å². The lowest BCUT2D eigenvalue weighted by Crippen LogP contribution is -2.09. The molecule has 0 aliphatic heterocycles.